The molecule has 2 heterocycles. The van der Waals surface area contributed by atoms with Gasteiger partial charge >= 0.3 is 5.97 Å². The van der Waals surface area contributed by atoms with Crippen LogP contribution >= 0.6 is 0 Å². The number of carbonyl (C=O) groups excluding carboxylic acids is 2. The van der Waals surface area contributed by atoms with Crippen LogP contribution in [0.5, 0.6) is 0 Å². The molecule has 7 heteroatoms. The van der Waals surface area contributed by atoms with Crippen LogP contribution in [0.4, 0.5) is 11.6 Å². The van der Waals surface area contributed by atoms with E-state index in [2.05, 4.69) is 20.2 Å². The Morgan fingerprint density at radius 3 is 2.54 bits per heavy atom. The third-order valence-electron chi connectivity index (χ3n) is 4.63. The first-order valence-corrected chi connectivity index (χ1v) is 9.76. The van der Waals surface area contributed by atoms with E-state index in [0.717, 1.165) is 31.6 Å². The van der Waals surface area contributed by atoms with Crippen molar-refractivity contribution in [1.82, 2.24) is 9.97 Å². The van der Waals surface area contributed by atoms with E-state index in [0.29, 0.717) is 17.2 Å². The lowest BCUT2D eigenvalue weighted by atomic mass is 10.1. The normalized spacial score (nSPS) is 14.3. The number of nitrogens with zero attached hydrogens (tertiary/aromatic N) is 3. The maximum Gasteiger partial charge on any atom is 0.340 e. The zero-order chi connectivity index (χ0) is 19.9. The molecule has 0 radical (unpaired) electrons. The smallest absolute Gasteiger partial charge is 0.340 e. The minimum absolute atomic E-state index is 0.269. The standard InChI is InChI=1S/C21H26N4O3/c1-3-28-20(27)16-10-6-7-11-17(16)23-19(26)18-14-15(2)22-21(24-18)25-12-8-4-5-9-13-25/h6-7,10-11,14H,3-5,8-9,12-13H2,1-2H3,(H,23,26). The number of amides is 1. The second-order valence-corrected chi connectivity index (χ2v) is 6.82. The minimum Gasteiger partial charge on any atom is -0.462 e. The van der Waals surface area contributed by atoms with Gasteiger partial charge in [0.2, 0.25) is 5.95 Å². The number of esters is 1. The van der Waals surface area contributed by atoms with Crippen molar-refractivity contribution >= 4 is 23.5 Å². The van der Waals surface area contributed by atoms with E-state index in [1.54, 1.807) is 37.3 Å². The minimum atomic E-state index is -0.470. The SMILES string of the molecule is CCOC(=O)c1ccccc1NC(=O)c1cc(C)nc(N2CCCCCC2)n1. The van der Waals surface area contributed by atoms with Gasteiger partial charge in [0.25, 0.3) is 5.91 Å². The van der Waals surface area contributed by atoms with Crippen LogP contribution in [0.15, 0.2) is 30.3 Å². The Labute approximate surface area is 165 Å². The fourth-order valence-electron chi connectivity index (χ4n) is 3.25. The molecule has 148 valence electrons. The zero-order valence-electron chi connectivity index (χ0n) is 16.4. The topological polar surface area (TPSA) is 84.4 Å². The van der Waals surface area contributed by atoms with E-state index >= 15 is 0 Å². The first-order chi connectivity index (χ1) is 13.6. The molecule has 1 amide bonds. The first kappa shape index (κ1) is 19.8. The molecule has 0 bridgehead atoms. The van der Waals surface area contributed by atoms with Crippen LogP contribution in [-0.4, -0.2) is 41.5 Å². The van der Waals surface area contributed by atoms with Gasteiger partial charge in [-0.25, -0.2) is 14.8 Å². The highest BCUT2D eigenvalue weighted by Gasteiger charge is 2.19. The molecule has 0 atom stereocenters. The Morgan fingerprint density at radius 2 is 1.82 bits per heavy atom. The van der Waals surface area contributed by atoms with Crippen LogP contribution < -0.4 is 10.2 Å². The van der Waals surface area contributed by atoms with Crippen molar-refractivity contribution in [1.29, 1.82) is 0 Å². The highest BCUT2D eigenvalue weighted by atomic mass is 16.5. The van der Waals surface area contributed by atoms with Crippen molar-refractivity contribution in [2.24, 2.45) is 0 Å². The quantitative estimate of drug-likeness (QED) is 0.796. The first-order valence-electron chi connectivity index (χ1n) is 9.76. The van der Waals surface area contributed by atoms with Crippen molar-refractivity contribution in [2.75, 3.05) is 29.9 Å². The van der Waals surface area contributed by atoms with Crippen LogP contribution in [0.1, 0.15) is 59.1 Å². The van der Waals surface area contributed by atoms with Gasteiger partial charge in [-0.05, 0) is 44.9 Å². The molecule has 0 saturated carbocycles. The van der Waals surface area contributed by atoms with Gasteiger partial charge in [-0.3, -0.25) is 4.79 Å². The van der Waals surface area contributed by atoms with Crippen molar-refractivity contribution in [3.63, 3.8) is 0 Å². The third-order valence-corrected chi connectivity index (χ3v) is 4.63. The summed E-state index contributed by atoms with van der Waals surface area (Å²) in [6.45, 7) is 5.66. The molecule has 1 aliphatic rings. The number of rotatable bonds is 5. The molecule has 1 N–H and O–H groups in total. The number of para-hydroxylation sites is 1. The molecule has 0 aliphatic carbocycles. The van der Waals surface area contributed by atoms with Crippen molar-refractivity contribution in [3.8, 4) is 0 Å². The predicted octanol–water partition coefficient (Wildman–Crippen LogP) is 3.59. The molecular formula is C21H26N4O3. The number of hydrogen-bond donors (Lipinski definition) is 1. The highest BCUT2D eigenvalue weighted by molar-refractivity contribution is 6.07. The van der Waals surface area contributed by atoms with Crippen molar-refractivity contribution in [2.45, 2.75) is 39.5 Å². The zero-order valence-corrected chi connectivity index (χ0v) is 16.4. The van der Waals surface area contributed by atoms with Crippen molar-refractivity contribution < 1.29 is 14.3 Å². The largest absolute Gasteiger partial charge is 0.462 e. The Morgan fingerprint density at radius 1 is 1.11 bits per heavy atom. The summed E-state index contributed by atoms with van der Waals surface area (Å²) in [6.07, 6.45) is 4.62. The maximum absolute atomic E-state index is 12.8. The van der Waals surface area contributed by atoms with Crippen LogP contribution in [0.3, 0.4) is 0 Å². The summed E-state index contributed by atoms with van der Waals surface area (Å²) in [4.78, 5) is 36.1. The summed E-state index contributed by atoms with van der Waals surface area (Å²) in [5.74, 6) is -0.258. The second kappa shape index (κ2) is 9.30. The summed E-state index contributed by atoms with van der Waals surface area (Å²) < 4.78 is 5.06. The van der Waals surface area contributed by atoms with Gasteiger partial charge in [0.15, 0.2) is 0 Å². The van der Waals surface area contributed by atoms with E-state index < -0.39 is 5.97 Å². The van der Waals surface area contributed by atoms with Gasteiger partial charge in [0.05, 0.1) is 17.9 Å². The van der Waals surface area contributed by atoms with Gasteiger partial charge in [-0.1, -0.05) is 25.0 Å². The molecule has 1 saturated heterocycles. The highest BCUT2D eigenvalue weighted by Crippen LogP contribution is 2.19. The number of hydrogen-bond acceptors (Lipinski definition) is 6. The summed E-state index contributed by atoms with van der Waals surface area (Å²) >= 11 is 0. The van der Waals surface area contributed by atoms with Crippen LogP contribution in [0.2, 0.25) is 0 Å². The number of anilines is 2. The number of benzene rings is 1. The molecule has 3 rings (SSSR count). The monoisotopic (exact) mass is 382 g/mol. The Hall–Kier alpha value is -2.96. The molecule has 1 fully saturated rings. The number of carbonyl (C=O) groups is 2. The average molecular weight is 382 g/mol. The molecule has 28 heavy (non-hydrogen) atoms. The van der Waals surface area contributed by atoms with E-state index in [1.165, 1.54) is 12.8 Å². The second-order valence-electron chi connectivity index (χ2n) is 6.82. The number of ether oxygens (including phenoxy) is 1. The van der Waals surface area contributed by atoms with Gasteiger partial charge in [-0.15, -0.1) is 0 Å². The fourth-order valence-corrected chi connectivity index (χ4v) is 3.25. The fraction of sp³-hybridized carbons (Fsp3) is 0.429. The Bertz CT molecular complexity index is 845. The summed E-state index contributed by atoms with van der Waals surface area (Å²) in [5, 5.41) is 2.79. The van der Waals surface area contributed by atoms with Gasteiger partial charge in [0.1, 0.15) is 5.69 Å². The lowest BCUT2D eigenvalue weighted by Crippen LogP contribution is -2.27. The van der Waals surface area contributed by atoms with E-state index in [1.807, 2.05) is 6.92 Å². The molecule has 2 aromatic rings. The van der Waals surface area contributed by atoms with E-state index in [4.69, 9.17) is 4.74 Å². The molecular weight excluding hydrogens is 356 g/mol. The lowest BCUT2D eigenvalue weighted by Gasteiger charge is -2.21. The Kier molecular flexibility index (Phi) is 6.57. The molecule has 7 nitrogen and oxygen atoms in total. The van der Waals surface area contributed by atoms with E-state index in [-0.39, 0.29) is 18.2 Å². The maximum atomic E-state index is 12.8. The average Bonchev–Trinajstić information content (AvgIpc) is 2.97. The number of aryl methyl sites for hydroxylation is 1. The van der Waals surface area contributed by atoms with Crippen LogP contribution in [-0.2, 0) is 4.74 Å². The van der Waals surface area contributed by atoms with Gasteiger partial charge < -0.3 is 15.0 Å². The lowest BCUT2D eigenvalue weighted by molar-refractivity contribution is 0.0527. The van der Waals surface area contributed by atoms with Crippen LogP contribution in [0, 0.1) is 6.92 Å². The molecule has 1 aromatic heterocycles. The molecule has 1 aromatic carbocycles. The number of nitrogens with one attached hydrogen (secondary N) is 1. The van der Waals surface area contributed by atoms with E-state index in [9.17, 15) is 9.59 Å². The molecule has 0 unspecified atom stereocenters. The Balaban J connectivity index is 1.82. The van der Waals surface area contributed by atoms with Crippen LogP contribution in [0.25, 0.3) is 0 Å². The summed E-state index contributed by atoms with van der Waals surface area (Å²) in [5.41, 5.74) is 1.73. The van der Waals surface area contributed by atoms with Gasteiger partial charge in [0, 0.05) is 18.8 Å². The third kappa shape index (κ3) is 4.85. The summed E-state index contributed by atoms with van der Waals surface area (Å²) in [7, 11) is 0. The number of aromatic nitrogens is 2. The van der Waals surface area contributed by atoms with Crippen molar-refractivity contribution in [3.05, 3.63) is 47.3 Å². The van der Waals surface area contributed by atoms with Gasteiger partial charge in [-0.2, -0.15) is 0 Å². The predicted molar refractivity (Wildman–Crippen MR) is 108 cm³/mol. The molecule has 0 spiro atoms. The molecule has 1 aliphatic heterocycles. The summed E-state index contributed by atoms with van der Waals surface area (Å²) in [6, 6.07) is 8.44.